The van der Waals surface area contributed by atoms with Crippen LogP contribution >= 0.6 is 22.9 Å². The van der Waals surface area contributed by atoms with Crippen LogP contribution in [-0.2, 0) is 13.1 Å². The minimum Gasteiger partial charge on any atom is -0.377 e. The highest BCUT2D eigenvalue weighted by Crippen LogP contribution is 2.21. The Hall–Kier alpha value is -1.54. The quantitative estimate of drug-likeness (QED) is 0.929. The molecular weight excluding hydrogens is 327 g/mol. The summed E-state index contributed by atoms with van der Waals surface area (Å²) in [6.07, 6.45) is -3.40. The molecule has 114 valence electrons. The van der Waals surface area contributed by atoms with Gasteiger partial charge in [-0.15, -0.1) is 11.3 Å². The van der Waals surface area contributed by atoms with Crippen LogP contribution in [0.5, 0.6) is 0 Å². The molecule has 0 saturated carbocycles. The molecule has 4 nitrogen and oxygen atoms in total. The molecule has 0 fully saturated rings. The second kappa shape index (κ2) is 6.07. The maximum absolute atomic E-state index is 12.3. The van der Waals surface area contributed by atoms with Gasteiger partial charge in [0, 0.05) is 11.4 Å². The molecule has 0 radical (unpaired) electrons. The van der Waals surface area contributed by atoms with Gasteiger partial charge in [-0.3, -0.25) is 4.79 Å². The Balaban J connectivity index is 2.17. The van der Waals surface area contributed by atoms with E-state index in [-0.39, 0.29) is 10.7 Å². The third-order valence-electron chi connectivity index (χ3n) is 2.72. The monoisotopic (exact) mass is 337 g/mol. The van der Waals surface area contributed by atoms with Crippen LogP contribution in [-0.4, -0.2) is 16.0 Å². The molecule has 9 heteroatoms. The lowest BCUT2D eigenvalue weighted by Crippen LogP contribution is -2.30. The van der Waals surface area contributed by atoms with Crippen LogP contribution in [0.15, 0.2) is 22.4 Å². The van der Waals surface area contributed by atoms with E-state index in [0.29, 0.717) is 11.2 Å². The molecule has 0 aliphatic carbocycles. The van der Waals surface area contributed by atoms with Gasteiger partial charge in [-0.25, -0.2) is 4.68 Å². The van der Waals surface area contributed by atoms with Crippen molar-refractivity contribution in [3.8, 4) is 0 Å². The van der Waals surface area contributed by atoms with Crippen LogP contribution in [0.1, 0.15) is 10.4 Å². The molecule has 0 unspecified atom stereocenters. The van der Waals surface area contributed by atoms with Crippen molar-refractivity contribution in [2.24, 2.45) is 0 Å². The lowest BCUT2D eigenvalue weighted by Gasteiger charge is -2.11. The van der Waals surface area contributed by atoms with Crippen LogP contribution in [0.3, 0.4) is 0 Å². The van der Waals surface area contributed by atoms with Gasteiger partial charge < -0.3 is 5.32 Å². The van der Waals surface area contributed by atoms with Crippen molar-refractivity contribution in [2.75, 3.05) is 5.32 Å². The molecule has 1 N–H and O–H groups in total. The molecule has 0 spiro atoms. The molecule has 0 amide bonds. The topological polar surface area (TPSA) is 46.9 Å². The molecule has 0 atom stereocenters. The second-order valence-electron chi connectivity index (χ2n) is 4.33. The van der Waals surface area contributed by atoms with Crippen LogP contribution in [0.4, 0.5) is 18.9 Å². The SMILES string of the molecule is Cc1ccsc1CNc1cnn(CC(F)(F)F)c(=O)c1Cl. The Morgan fingerprint density at radius 2 is 2.19 bits per heavy atom. The average Bonchev–Trinajstić information content (AvgIpc) is 2.78. The first-order chi connectivity index (χ1) is 9.78. The van der Waals surface area contributed by atoms with Crippen molar-refractivity contribution >= 4 is 28.6 Å². The van der Waals surface area contributed by atoms with Gasteiger partial charge in [-0.1, -0.05) is 11.6 Å². The maximum Gasteiger partial charge on any atom is 0.408 e. The van der Waals surface area contributed by atoms with E-state index in [1.54, 1.807) is 0 Å². The van der Waals surface area contributed by atoms with Crippen molar-refractivity contribution in [3.63, 3.8) is 0 Å². The number of anilines is 1. The van der Waals surface area contributed by atoms with E-state index < -0.39 is 18.3 Å². The van der Waals surface area contributed by atoms with Crippen molar-refractivity contribution in [3.05, 3.63) is 43.5 Å². The normalized spacial score (nSPS) is 11.7. The summed E-state index contributed by atoms with van der Waals surface area (Å²) in [6, 6.07) is 1.95. The van der Waals surface area contributed by atoms with Gasteiger partial charge in [0.25, 0.3) is 5.56 Å². The Labute approximate surface area is 127 Å². The Morgan fingerprint density at radius 1 is 1.48 bits per heavy atom. The van der Waals surface area contributed by atoms with Crippen LogP contribution in [0.25, 0.3) is 0 Å². The summed E-state index contributed by atoms with van der Waals surface area (Å²) in [7, 11) is 0. The van der Waals surface area contributed by atoms with Gasteiger partial charge in [-0.2, -0.15) is 18.3 Å². The highest BCUT2D eigenvalue weighted by molar-refractivity contribution is 7.10. The van der Waals surface area contributed by atoms with Gasteiger partial charge in [0.2, 0.25) is 0 Å². The fourth-order valence-corrected chi connectivity index (χ4v) is 2.69. The summed E-state index contributed by atoms with van der Waals surface area (Å²) in [5.41, 5.74) is 0.330. The standard InChI is InChI=1S/C12H11ClF3N3OS/c1-7-2-3-21-9(7)5-17-8-4-18-19(6-12(14,15)16)11(20)10(8)13/h2-4,17H,5-6H2,1H3. The predicted octanol–water partition coefficient (Wildman–Crippen LogP) is 3.44. The van der Waals surface area contributed by atoms with Crippen molar-refractivity contribution in [1.29, 1.82) is 0 Å². The Morgan fingerprint density at radius 3 is 2.76 bits per heavy atom. The van der Waals surface area contributed by atoms with E-state index in [1.165, 1.54) is 11.3 Å². The molecule has 0 aliphatic rings. The number of halogens is 4. The van der Waals surface area contributed by atoms with E-state index in [9.17, 15) is 18.0 Å². The minimum absolute atomic E-state index is 0.216. The number of nitrogens with zero attached hydrogens (tertiary/aromatic N) is 2. The van der Waals surface area contributed by atoms with Gasteiger partial charge in [0.15, 0.2) is 0 Å². The first-order valence-corrected chi connectivity index (χ1v) is 7.13. The van der Waals surface area contributed by atoms with E-state index >= 15 is 0 Å². The number of hydrogen-bond acceptors (Lipinski definition) is 4. The molecular formula is C12H11ClF3N3OS. The fourth-order valence-electron chi connectivity index (χ4n) is 1.63. The minimum atomic E-state index is -4.52. The van der Waals surface area contributed by atoms with Crippen LogP contribution < -0.4 is 10.9 Å². The summed E-state index contributed by atoms with van der Waals surface area (Å²) >= 11 is 7.34. The third kappa shape index (κ3) is 3.98. The van der Waals surface area contributed by atoms with Crippen LogP contribution in [0, 0.1) is 6.92 Å². The van der Waals surface area contributed by atoms with Crippen molar-refractivity contribution in [1.82, 2.24) is 9.78 Å². The van der Waals surface area contributed by atoms with E-state index in [0.717, 1.165) is 16.6 Å². The fraction of sp³-hybridized carbons (Fsp3) is 0.333. The van der Waals surface area contributed by atoms with Crippen molar-refractivity contribution in [2.45, 2.75) is 26.2 Å². The van der Waals surface area contributed by atoms with Crippen LogP contribution in [0.2, 0.25) is 5.02 Å². The molecule has 0 bridgehead atoms. The second-order valence-corrected chi connectivity index (χ2v) is 5.71. The number of rotatable bonds is 4. The Kier molecular flexibility index (Phi) is 4.58. The van der Waals surface area contributed by atoms with Crippen molar-refractivity contribution < 1.29 is 13.2 Å². The molecule has 21 heavy (non-hydrogen) atoms. The summed E-state index contributed by atoms with van der Waals surface area (Å²) in [4.78, 5) is 12.8. The highest BCUT2D eigenvalue weighted by Gasteiger charge is 2.29. The zero-order chi connectivity index (χ0) is 15.6. The number of thiophene rings is 1. The molecule has 2 heterocycles. The number of aromatic nitrogens is 2. The van der Waals surface area contributed by atoms with E-state index in [1.807, 2.05) is 18.4 Å². The van der Waals surface area contributed by atoms with Gasteiger partial charge in [0.1, 0.15) is 11.6 Å². The lowest BCUT2D eigenvalue weighted by atomic mass is 10.3. The number of alkyl halides is 3. The molecule has 2 aromatic heterocycles. The molecule has 0 aliphatic heterocycles. The molecule has 0 aromatic carbocycles. The largest absolute Gasteiger partial charge is 0.408 e. The summed E-state index contributed by atoms with van der Waals surface area (Å²) in [5.74, 6) is 0. The average molecular weight is 338 g/mol. The third-order valence-corrected chi connectivity index (χ3v) is 4.11. The summed E-state index contributed by atoms with van der Waals surface area (Å²) < 4.78 is 37.1. The molecule has 2 rings (SSSR count). The zero-order valence-electron chi connectivity index (χ0n) is 10.9. The van der Waals surface area contributed by atoms with E-state index in [4.69, 9.17) is 11.6 Å². The zero-order valence-corrected chi connectivity index (χ0v) is 12.4. The molecule has 0 saturated heterocycles. The maximum atomic E-state index is 12.3. The smallest absolute Gasteiger partial charge is 0.377 e. The van der Waals surface area contributed by atoms with Gasteiger partial charge in [0.05, 0.1) is 11.9 Å². The first kappa shape index (κ1) is 15.8. The lowest BCUT2D eigenvalue weighted by molar-refractivity contribution is -0.143. The number of nitrogens with one attached hydrogen (secondary N) is 1. The molecule has 2 aromatic rings. The van der Waals surface area contributed by atoms with E-state index in [2.05, 4.69) is 10.4 Å². The number of aryl methyl sites for hydroxylation is 1. The predicted molar refractivity (Wildman–Crippen MR) is 75.9 cm³/mol. The van der Waals surface area contributed by atoms with Gasteiger partial charge in [-0.05, 0) is 23.9 Å². The van der Waals surface area contributed by atoms with Gasteiger partial charge >= 0.3 is 6.18 Å². The first-order valence-electron chi connectivity index (χ1n) is 5.87. The number of hydrogen-bond donors (Lipinski definition) is 1. The summed E-state index contributed by atoms with van der Waals surface area (Å²) in [5, 5.41) is 8.02. The highest BCUT2D eigenvalue weighted by atomic mass is 35.5. The summed E-state index contributed by atoms with van der Waals surface area (Å²) in [6.45, 7) is 0.901. The Bertz CT molecular complexity index is 696.